The van der Waals surface area contributed by atoms with E-state index in [1.165, 1.54) is 0 Å². The van der Waals surface area contributed by atoms with E-state index in [9.17, 15) is 9.59 Å². The average molecular weight is 228 g/mol. The number of carboxylic acid groups (broad SMARTS) is 1. The van der Waals surface area contributed by atoms with Crippen LogP contribution in [0.5, 0.6) is 0 Å². The molecule has 0 bridgehead atoms. The minimum Gasteiger partial charge on any atom is -0.480 e. The Morgan fingerprint density at radius 1 is 1.56 bits per heavy atom. The summed E-state index contributed by atoms with van der Waals surface area (Å²) in [5.41, 5.74) is 0. The van der Waals surface area contributed by atoms with Gasteiger partial charge >= 0.3 is 5.97 Å². The van der Waals surface area contributed by atoms with Crippen LogP contribution in [0.2, 0.25) is 0 Å². The lowest BCUT2D eigenvalue weighted by atomic mass is 9.99. The number of rotatable bonds is 5. The third kappa shape index (κ3) is 3.20. The van der Waals surface area contributed by atoms with Gasteiger partial charge in [0, 0.05) is 0 Å². The molecule has 0 aromatic heterocycles. The molecule has 0 aromatic carbocycles. The second kappa shape index (κ2) is 5.84. The van der Waals surface area contributed by atoms with Crippen molar-refractivity contribution in [2.45, 2.75) is 45.2 Å². The zero-order valence-corrected chi connectivity index (χ0v) is 9.82. The van der Waals surface area contributed by atoms with Gasteiger partial charge in [0.1, 0.15) is 6.04 Å². The van der Waals surface area contributed by atoms with Gasteiger partial charge in [-0.05, 0) is 25.3 Å². The van der Waals surface area contributed by atoms with Gasteiger partial charge in [0.05, 0.1) is 6.04 Å². The van der Waals surface area contributed by atoms with Crippen LogP contribution in [0.15, 0.2) is 0 Å². The fourth-order valence-corrected chi connectivity index (χ4v) is 1.85. The molecule has 5 nitrogen and oxygen atoms in total. The van der Waals surface area contributed by atoms with E-state index >= 15 is 0 Å². The first kappa shape index (κ1) is 13.0. The van der Waals surface area contributed by atoms with E-state index in [1.54, 1.807) is 0 Å². The predicted octanol–water partition coefficient (Wildman–Crippen LogP) is 0.354. The van der Waals surface area contributed by atoms with Gasteiger partial charge < -0.3 is 15.7 Å². The van der Waals surface area contributed by atoms with E-state index in [1.807, 2.05) is 13.8 Å². The molecule has 3 N–H and O–H groups in total. The zero-order valence-electron chi connectivity index (χ0n) is 9.82. The highest BCUT2D eigenvalue weighted by atomic mass is 16.4. The Hall–Kier alpha value is -1.10. The van der Waals surface area contributed by atoms with Crippen LogP contribution in [-0.2, 0) is 9.59 Å². The Morgan fingerprint density at radius 3 is 2.69 bits per heavy atom. The second-order valence-corrected chi connectivity index (χ2v) is 4.36. The third-order valence-electron chi connectivity index (χ3n) is 3.15. The fraction of sp³-hybridized carbons (Fsp3) is 0.818. The van der Waals surface area contributed by atoms with Crippen LogP contribution in [0.1, 0.15) is 33.1 Å². The van der Waals surface area contributed by atoms with Gasteiger partial charge in [-0.1, -0.05) is 20.3 Å². The molecule has 3 atom stereocenters. The van der Waals surface area contributed by atoms with Crippen LogP contribution in [0.3, 0.4) is 0 Å². The number of aliphatic carboxylic acids is 1. The average Bonchev–Trinajstić information content (AvgIpc) is 2.77. The molecule has 1 heterocycles. The molecule has 16 heavy (non-hydrogen) atoms. The highest BCUT2D eigenvalue weighted by Crippen LogP contribution is 2.10. The topological polar surface area (TPSA) is 78.4 Å². The highest BCUT2D eigenvalue weighted by Gasteiger charge is 2.29. The minimum absolute atomic E-state index is 0.0529. The molecule has 1 aliphatic heterocycles. The molecule has 1 aliphatic rings. The monoisotopic (exact) mass is 228 g/mol. The van der Waals surface area contributed by atoms with Gasteiger partial charge in [0.15, 0.2) is 0 Å². The van der Waals surface area contributed by atoms with Crippen molar-refractivity contribution in [3.63, 3.8) is 0 Å². The normalized spacial score (nSPS) is 23.8. The van der Waals surface area contributed by atoms with Crippen molar-refractivity contribution in [1.29, 1.82) is 0 Å². The first-order valence-corrected chi connectivity index (χ1v) is 5.82. The van der Waals surface area contributed by atoms with Gasteiger partial charge in [-0.25, -0.2) is 4.79 Å². The van der Waals surface area contributed by atoms with Gasteiger partial charge in [0.2, 0.25) is 5.91 Å². The largest absolute Gasteiger partial charge is 0.480 e. The molecule has 2 unspecified atom stereocenters. The summed E-state index contributed by atoms with van der Waals surface area (Å²) in [6.45, 7) is 4.58. The zero-order chi connectivity index (χ0) is 12.1. The van der Waals surface area contributed by atoms with Crippen molar-refractivity contribution >= 4 is 11.9 Å². The third-order valence-corrected chi connectivity index (χ3v) is 3.15. The Labute approximate surface area is 95.6 Å². The summed E-state index contributed by atoms with van der Waals surface area (Å²) in [6.07, 6.45) is 2.49. The Kier molecular flexibility index (Phi) is 4.73. The lowest BCUT2D eigenvalue weighted by molar-refractivity contribution is -0.143. The van der Waals surface area contributed by atoms with Crippen LogP contribution in [0.25, 0.3) is 0 Å². The van der Waals surface area contributed by atoms with Crippen molar-refractivity contribution in [1.82, 2.24) is 10.6 Å². The van der Waals surface area contributed by atoms with Crippen molar-refractivity contribution in [2.24, 2.45) is 5.92 Å². The summed E-state index contributed by atoms with van der Waals surface area (Å²) in [4.78, 5) is 22.8. The SMILES string of the molecule is CCC(C)C(NC(=O)[C@@H]1CCCN1)C(=O)O. The van der Waals surface area contributed by atoms with E-state index in [2.05, 4.69) is 10.6 Å². The van der Waals surface area contributed by atoms with E-state index < -0.39 is 12.0 Å². The van der Waals surface area contributed by atoms with Gasteiger partial charge in [-0.2, -0.15) is 0 Å². The van der Waals surface area contributed by atoms with Crippen LogP contribution in [-0.4, -0.2) is 35.6 Å². The maximum Gasteiger partial charge on any atom is 0.326 e. The molecule has 0 aromatic rings. The first-order chi connectivity index (χ1) is 7.56. The molecule has 0 aliphatic carbocycles. The number of carbonyl (C=O) groups excluding carboxylic acids is 1. The summed E-state index contributed by atoms with van der Waals surface area (Å²) in [5.74, 6) is -1.20. The summed E-state index contributed by atoms with van der Waals surface area (Å²) < 4.78 is 0. The van der Waals surface area contributed by atoms with E-state index in [4.69, 9.17) is 5.11 Å². The molecule has 1 rings (SSSR count). The number of hydrogen-bond donors (Lipinski definition) is 3. The molecule has 0 radical (unpaired) electrons. The van der Waals surface area contributed by atoms with E-state index in [-0.39, 0.29) is 17.9 Å². The maximum absolute atomic E-state index is 11.7. The second-order valence-electron chi connectivity index (χ2n) is 4.36. The minimum atomic E-state index is -0.958. The number of nitrogens with one attached hydrogen (secondary N) is 2. The number of hydrogen-bond acceptors (Lipinski definition) is 3. The molecule has 1 amide bonds. The molecule has 1 saturated heterocycles. The highest BCUT2D eigenvalue weighted by molar-refractivity contribution is 5.87. The van der Waals surface area contributed by atoms with Crippen LogP contribution in [0, 0.1) is 5.92 Å². The number of carboxylic acids is 1. The Balaban J connectivity index is 2.53. The molecule has 5 heteroatoms. The molecule has 1 fully saturated rings. The van der Waals surface area contributed by atoms with Gasteiger partial charge in [0.25, 0.3) is 0 Å². The Bertz CT molecular complexity index is 262. The fourth-order valence-electron chi connectivity index (χ4n) is 1.85. The van der Waals surface area contributed by atoms with Crippen molar-refractivity contribution in [3.8, 4) is 0 Å². The van der Waals surface area contributed by atoms with Crippen molar-refractivity contribution in [3.05, 3.63) is 0 Å². The molecule has 92 valence electrons. The molecule has 0 spiro atoms. The van der Waals surface area contributed by atoms with Crippen molar-refractivity contribution in [2.75, 3.05) is 6.54 Å². The van der Waals surface area contributed by atoms with Gasteiger partial charge in [-0.15, -0.1) is 0 Å². The standard InChI is InChI=1S/C11H20N2O3/c1-3-7(2)9(11(15)16)13-10(14)8-5-4-6-12-8/h7-9,12H,3-6H2,1-2H3,(H,13,14)(H,15,16)/t7?,8-,9?/m0/s1. The molecular formula is C11H20N2O3. The Morgan fingerprint density at radius 2 is 2.25 bits per heavy atom. The van der Waals surface area contributed by atoms with Crippen LogP contribution < -0.4 is 10.6 Å². The van der Waals surface area contributed by atoms with E-state index in [0.29, 0.717) is 0 Å². The summed E-state index contributed by atoms with van der Waals surface area (Å²) >= 11 is 0. The summed E-state index contributed by atoms with van der Waals surface area (Å²) in [7, 11) is 0. The maximum atomic E-state index is 11.7. The lowest BCUT2D eigenvalue weighted by Crippen LogP contribution is -2.50. The van der Waals surface area contributed by atoms with Crippen LogP contribution >= 0.6 is 0 Å². The molecule has 0 saturated carbocycles. The first-order valence-electron chi connectivity index (χ1n) is 5.82. The number of carbonyl (C=O) groups is 2. The van der Waals surface area contributed by atoms with Crippen LogP contribution in [0.4, 0.5) is 0 Å². The lowest BCUT2D eigenvalue weighted by Gasteiger charge is -2.22. The van der Waals surface area contributed by atoms with E-state index in [0.717, 1.165) is 25.8 Å². The quantitative estimate of drug-likeness (QED) is 0.634. The summed E-state index contributed by atoms with van der Waals surface area (Å²) in [6, 6.07) is -0.995. The summed E-state index contributed by atoms with van der Waals surface area (Å²) in [5, 5.41) is 14.7. The number of amides is 1. The smallest absolute Gasteiger partial charge is 0.326 e. The molecular weight excluding hydrogens is 208 g/mol. The predicted molar refractivity (Wildman–Crippen MR) is 60.0 cm³/mol. The van der Waals surface area contributed by atoms with Crippen molar-refractivity contribution < 1.29 is 14.7 Å². The van der Waals surface area contributed by atoms with Gasteiger partial charge in [-0.3, -0.25) is 4.79 Å².